The summed E-state index contributed by atoms with van der Waals surface area (Å²) in [4.78, 5) is 54.1. The lowest BCUT2D eigenvalue weighted by molar-refractivity contribution is -0.170. The van der Waals surface area contributed by atoms with E-state index in [1.807, 2.05) is 55.5 Å². The fraction of sp³-hybridized carbons (Fsp3) is 0.391. The van der Waals surface area contributed by atoms with Crippen LogP contribution in [-0.2, 0) is 39.9 Å². The highest BCUT2D eigenvalue weighted by molar-refractivity contribution is 6.02. The van der Waals surface area contributed by atoms with E-state index in [1.165, 1.54) is 6.07 Å². The Bertz CT molecular complexity index is 2180. The molecule has 0 spiro atoms. The Balaban J connectivity index is 1.30. The SMILES string of the molecule is CCC(C)(CC(C)(CC(C)C(=O)OC(C)(C)C)C(=O)OCC(O)COC(=O)c1ccc2cc(O)ccc2c1)C(=O)OCc1c2ccccc2cc2ccccc12. The van der Waals surface area contributed by atoms with Crippen molar-refractivity contribution in [2.24, 2.45) is 16.7 Å². The van der Waals surface area contributed by atoms with Crippen molar-refractivity contribution in [2.45, 2.75) is 86.0 Å². The number of rotatable bonds is 15. The van der Waals surface area contributed by atoms with Crippen LogP contribution in [0.5, 0.6) is 5.75 Å². The Morgan fingerprint density at radius 3 is 1.88 bits per heavy atom. The zero-order chi connectivity index (χ0) is 40.8. The molecule has 2 N–H and O–H groups in total. The number of carbonyl (C=O) groups is 4. The van der Waals surface area contributed by atoms with Crippen molar-refractivity contribution in [1.29, 1.82) is 0 Å². The van der Waals surface area contributed by atoms with Crippen LogP contribution in [-0.4, -0.2) is 59.0 Å². The summed E-state index contributed by atoms with van der Waals surface area (Å²) in [5.74, 6) is -3.07. The Kier molecular flexibility index (Phi) is 12.7. The van der Waals surface area contributed by atoms with E-state index in [4.69, 9.17) is 18.9 Å². The van der Waals surface area contributed by atoms with Crippen LogP contribution in [0, 0.1) is 16.7 Å². The highest BCUT2D eigenvalue weighted by atomic mass is 16.6. The average Bonchev–Trinajstić information content (AvgIpc) is 3.16. The van der Waals surface area contributed by atoms with Gasteiger partial charge in [-0.2, -0.15) is 0 Å². The van der Waals surface area contributed by atoms with Gasteiger partial charge in [0.15, 0.2) is 0 Å². The van der Waals surface area contributed by atoms with Gasteiger partial charge in [-0.25, -0.2) is 4.79 Å². The van der Waals surface area contributed by atoms with E-state index in [0.717, 1.165) is 37.9 Å². The topological polar surface area (TPSA) is 146 Å². The van der Waals surface area contributed by atoms with Gasteiger partial charge >= 0.3 is 23.9 Å². The third-order valence-electron chi connectivity index (χ3n) is 10.2. The Morgan fingerprint density at radius 1 is 0.679 bits per heavy atom. The first-order valence-corrected chi connectivity index (χ1v) is 19.0. The van der Waals surface area contributed by atoms with Gasteiger partial charge in [-0.3, -0.25) is 14.4 Å². The first kappa shape index (κ1) is 41.7. The number of phenolic OH excluding ortho intramolecular Hbond substituents is 1. The molecule has 0 amide bonds. The largest absolute Gasteiger partial charge is 0.508 e. The molecule has 0 aliphatic heterocycles. The summed E-state index contributed by atoms with van der Waals surface area (Å²) in [5.41, 5.74) is -2.21. The molecule has 0 aromatic heterocycles. The van der Waals surface area contributed by atoms with Crippen molar-refractivity contribution in [3.8, 4) is 5.75 Å². The molecule has 0 aliphatic carbocycles. The average molecular weight is 765 g/mol. The fourth-order valence-electron chi connectivity index (χ4n) is 7.18. The number of aliphatic hydroxyl groups excluding tert-OH is 1. The molecular formula is C46H52O10. The zero-order valence-electron chi connectivity index (χ0n) is 33.2. The van der Waals surface area contributed by atoms with Gasteiger partial charge in [0.1, 0.15) is 37.3 Å². The molecule has 56 heavy (non-hydrogen) atoms. The first-order valence-electron chi connectivity index (χ1n) is 19.0. The van der Waals surface area contributed by atoms with E-state index >= 15 is 0 Å². The van der Waals surface area contributed by atoms with Crippen LogP contribution in [0.15, 0.2) is 91.0 Å². The monoisotopic (exact) mass is 764 g/mol. The summed E-state index contributed by atoms with van der Waals surface area (Å²) in [6.45, 7) is 11.2. The smallest absolute Gasteiger partial charge is 0.338 e. The van der Waals surface area contributed by atoms with Crippen molar-refractivity contribution in [3.05, 3.63) is 102 Å². The van der Waals surface area contributed by atoms with E-state index in [1.54, 1.807) is 71.9 Å². The molecule has 4 atom stereocenters. The van der Waals surface area contributed by atoms with Crippen LogP contribution in [0.2, 0.25) is 0 Å². The van der Waals surface area contributed by atoms with E-state index in [0.29, 0.717) is 6.42 Å². The van der Waals surface area contributed by atoms with Gasteiger partial charge in [0.05, 0.1) is 22.3 Å². The van der Waals surface area contributed by atoms with Crippen molar-refractivity contribution >= 4 is 56.2 Å². The van der Waals surface area contributed by atoms with E-state index < -0.39 is 65.5 Å². The number of ether oxygens (including phenoxy) is 4. The molecule has 0 saturated heterocycles. The predicted octanol–water partition coefficient (Wildman–Crippen LogP) is 8.84. The number of phenols is 1. The van der Waals surface area contributed by atoms with Gasteiger partial charge in [-0.15, -0.1) is 0 Å². The molecule has 296 valence electrons. The molecule has 10 heteroatoms. The standard InChI is InChI=1S/C46H52O10/c1-8-45(6,42(51)55-27-39-37-15-11-9-13-32(37)22-33-14-10-12-16-38(33)39)28-46(7,24-29(2)40(49)56-44(3,4)5)43(52)54-26-36(48)25-53-41(50)34-18-17-31-23-35(47)20-19-30(31)21-34/h9-23,29,36,47-48H,8,24-28H2,1-7H3. The highest BCUT2D eigenvalue weighted by Crippen LogP contribution is 2.43. The lowest BCUT2D eigenvalue weighted by Crippen LogP contribution is -2.43. The van der Waals surface area contributed by atoms with E-state index in [9.17, 15) is 29.4 Å². The van der Waals surface area contributed by atoms with Gasteiger partial charge in [-0.05, 0) is 117 Å². The Hall–Kier alpha value is -5.48. The van der Waals surface area contributed by atoms with Crippen molar-refractivity contribution < 1.29 is 48.3 Å². The Morgan fingerprint density at radius 2 is 1.25 bits per heavy atom. The normalized spacial score (nSPS) is 15.0. The molecule has 0 bridgehead atoms. The van der Waals surface area contributed by atoms with Gasteiger partial charge < -0.3 is 29.2 Å². The van der Waals surface area contributed by atoms with Crippen molar-refractivity contribution in [2.75, 3.05) is 13.2 Å². The van der Waals surface area contributed by atoms with Crippen LogP contribution < -0.4 is 0 Å². The summed E-state index contributed by atoms with van der Waals surface area (Å²) in [5, 5.41) is 25.9. The van der Waals surface area contributed by atoms with Gasteiger partial charge in [0.2, 0.25) is 0 Å². The molecule has 0 fully saturated rings. The minimum atomic E-state index is -1.40. The number of hydrogen-bond acceptors (Lipinski definition) is 10. The quantitative estimate of drug-likeness (QED) is 0.0603. The molecule has 0 radical (unpaired) electrons. The van der Waals surface area contributed by atoms with Crippen LogP contribution in [0.3, 0.4) is 0 Å². The van der Waals surface area contributed by atoms with Crippen LogP contribution in [0.4, 0.5) is 0 Å². The number of esters is 4. The summed E-state index contributed by atoms with van der Waals surface area (Å²) >= 11 is 0. The maximum Gasteiger partial charge on any atom is 0.338 e. The van der Waals surface area contributed by atoms with Crippen molar-refractivity contribution in [3.63, 3.8) is 0 Å². The predicted molar refractivity (Wildman–Crippen MR) is 215 cm³/mol. The lowest BCUT2D eigenvalue weighted by atomic mass is 9.68. The molecule has 0 saturated carbocycles. The molecule has 0 heterocycles. The third kappa shape index (κ3) is 10.0. The van der Waals surface area contributed by atoms with E-state index in [2.05, 4.69) is 6.07 Å². The summed E-state index contributed by atoms with van der Waals surface area (Å²) < 4.78 is 22.7. The number of hydrogen-bond donors (Lipinski definition) is 2. The molecular weight excluding hydrogens is 712 g/mol. The minimum absolute atomic E-state index is 0.0115. The fourth-order valence-corrected chi connectivity index (χ4v) is 7.18. The second-order valence-electron chi connectivity index (χ2n) is 16.3. The van der Waals surface area contributed by atoms with Crippen LogP contribution >= 0.6 is 0 Å². The molecule has 5 aromatic rings. The maximum absolute atomic E-state index is 14.1. The van der Waals surface area contributed by atoms with Crippen molar-refractivity contribution in [1.82, 2.24) is 0 Å². The molecule has 5 aromatic carbocycles. The number of benzene rings is 5. The Labute approximate surface area is 327 Å². The second-order valence-corrected chi connectivity index (χ2v) is 16.3. The van der Waals surface area contributed by atoms with Crippen LogP contribution in [0.1, 0.15) is 83.7 Å². The summed E-state index contributed by atoms with van der Waals surface area (Å²) in [7, 11) is 0. The zero-order valence-corrected chi connectivity index (χ0v) is 33.2. The number of carbonyl (C=O) groups excluding carboxylic acids is 4. The minimum Gasteiger partial charge on any atom is -0.508 e. The third-order valence-corrected chi connectivity index (χ3v) is 10.2. The number of aliphatic hydroxyl groups is 1. The molecule has 0 aliphatic rings. The van der Waals surface area contributed by atoms with E-state index in [-0.39, 0.29) is 30.8 Å². The molecule has 5 rings (SSSR count). The summed E-state index contributed by atoms with van der Waals surface area (Å²) in [6.07, 6.45) is -1.07. The molecule has 4 unspecified atom stereocenters. The summed E-state index contributed by atoms with van der Waals surface area (Å²) in [6, 6.07) is 27.6. The lowest BCUT2D eigenvalue weighted by Gasteiger charge is -2.37. The van der Waals surface area contributed by atoms with Gasteiger partial charge in [0, 0.05) is 5.56 Å². The molecule has 10 nitrogen and oxygen atoms in total. The number of fused-ring (bicyclic) bond motifs is 3. The van der Waals surface area contributed by atoms with Gasteiger partial charge in [-0.1, -0.05) is 74.5 Å². The van der Waals surface area contributed by atoms with Crippen LogP contribution in [0.25, 0.3) is 32.3 Å². The van der Waals surface area contributed by atoms with Gasteiger partial charge in [0.25, 0.3) is 0 Å². The highest BCUT2D eigenvalue weighted by Gasteiger charge is 2.47. The first-order chi connectivity index (χ1) is 26.4. The maximum atomic E-state index is 14.1. The number of aromatic hydroxyl groups is 1. The second kappa shape index (κ2) is 17.1.